The quantitative estimate of drug-likeness (QED) is 0.753. The Labute approximate surface area is 136 Å². The van der Waals surface area contributed by atoms with Gasteiger partial charge >= 0.3 is 11.9 Å². The molecule has 0 bridgehead atoms. The summed E-state index contributed by atoms with van der Waals surface area (Å²) in [6.07, 6.45) is -3.81. The summed E-state index contributed by atoms with van der Waals surface area (Å²) in [4.78, 5) is 35.7. The number of hydrogen-bond acceptors (Lipinski definition) is 4. The maximum atomic E-state index is 12.9. The molecule has 0 spiro atoms. The van der Waals surface area contributed by atoms with Crippen molar-refractivity contribution in [1.82, 2.24) is 9.13 Å². The van der Waals surface area contributed by atoms with Gasteiger partial charge in [0.05, 0.1) is 5.69 Å². The summed E-state index contributed by atoms with van der Waals surface area (Å²) in [6, 6.07) is 4.39. The minimum Gasteiger partial charge on any atom is -0.462 e. The number of primary amides is 1. The molecule has 3 rings (SSSR count). The SMILES string of the molecule is Cn1c(C(F)(F)F)cc(=O)n(-c2coc3ccc(C(N)=O)cc23)c1=O. The van der Waals surface area contributed by atoms with E-state index in [2.05, 4.69) is 0 Å². The van der Waals surface area contributed by atoms with Crippen molar-refractivity contribution in [3.63, 3.8) is 0 Å². The van der Waals surface area contributed by atoms with Crippen molar-refractivity contribution in [3.05, 3.63) is 62.6 Å². The van der Waals surface area contributed by atoms with E-state index in [-0.39, 0.29) is 22.2 Å². The number of furan rings is 1. The highest BCUT2D eigenvalue weighted by molar-refractivity contribution is 5.98. The molecule has 0 aliphatic heterocycles. The van der Waals surface area contributed by atoms with Crippen LogP contribution in [0.1, 0.15) is 16.1 Å². The minimum atomic E-state index is -4.86. The Morgan fingerprint density at radius 1 is 1.20 bits per heavy atom. The van der Waals surface area contributed by atoms with E-state index in [0.29, 0.717) is 15.2 Å². The number of carbonyl (C=O) groups excluding carboxylic acids is 1. The lowest BCUT2D eigenvalue weighted by Crippen LogP contribution is -2.40. The fraction of sp³-hybridized carbons (Fsp3) is 0.133. The molecular formula is C15H10F3N3O4. The fourth-order valence-corrected chi connectivity index (χ4v) is 2.46. The number of alkyl halides is 3. The second-order valence-corrected chi connectivity index (χ2v) is 5.24. The van der Waals surface area contributed by atoms with E-state index < -0.39 is 29.0 Å². The molecule has 0 unspecified atom stereocenters. The van der Waals surface area contributed by atoms with Gasteiger partial charge in [0.25, 0.3) is 5.56 Å². The van der Waals surface area contributed by atoms with E-state index in [1.807, 2.05) is 0 Å². The molecule has 25 heavy (non-hydrogen) atoms. The predicted octanol–water partition coefficient (Wildman–Crippen LogP) is 1.40. The van der Waals surface area contributed by atoms with Crippen LogP contribution in [0.4, 0.5) is 13.2 Å². The zero-order chi connectivity index (χ0) is 18.5. The van der Waals surface area contributed by atoms with Crippen LogP contribution in [0.2, 0.25) is 0 Å². The van der Waals surface area contributed by atoms with Gasteiger partial charge in [-0.1, -0.05) is 0 Å². The summed E-state index contributed by atoms with van der Waals surface area (Å²) in [5, 5.41) is 0.190. The molecule has 1 amide bonds. The molecule has 0 saturated heterocycles. The zero-order valence-corrected chi connectivity index (χ0v) is 12.6. The lowest BCUT2D eigenvalue weighted by atomic mass is 10.1. The zero-order valence-electron chi connectivity index (χ0n) is 12.6. The molecule has 10 heteroatoms. The largest absolute Gasteiger partial charge is 0.462 e. The third-order valence-corrected chi connectivity index (χ3v) is 3.69. The molecule has 7 nitrogen and oxygen atoms in total. The monoisotopic (exact) mass is 353 g/mol. The van der Waals surface area contributed by atoms with E-state index in [1.54, 1.807) is 0 Å². The second kappa shape index (κ2) is 5.36. The topological polar surface area (TPSA) is 100 Å². The summed E-state index contributed by atoms with van der Waals surface area (Å²) < 4.78 is 44.8. The number of benzene rings is 1. The lowest BCUT2D eigenvalue weighted by Gasteiger charge is -2.13. The number of nitrogens with two attached hydrogens (primary N) is 1. The Balaban J connectivity index is 2.35. The highest BCUT2D eigenvalue weighted by atomic mass is 19.4. The first kappa shape index (κ1) is 16.6. The molecule has 1 aromatic carbocycles. The van der Waals surface area contributed by atoms with Gasteiger partial charge in [0.15, 0.2) is 0 Å². The van der Waals surface area contributed by atoms with Crippen LogP contribution in [0.5, 0.6) is 0 Å². The number of fused-ring (bicyclic) bond motifs is 1. The molecule has 0 fully saturated rings. The second-order valence-electron chi connectivity index (χ2n) is 5.24. The normalized spacial score (nSPS) is 11.8. The molecule has 2 N–H and O–H groups in total. The van der Waals surface area contributed by atoms with Crippen molar-refractivity contribution in [3.8, 4) is 5.69 Å². The fourth-order valence-electron chi connectivity index (χ4n) is 2.46. The van der Waals surface area contributed by atoms with Crippen molar-refractivity contribution >= 4 is 16.9 Å². The van der Waals surface area contributed by atoms with Crippen LogP contribution in [-0.2, 0) is 13.2 Å². The van der Waals surface area contributed by atoms with Gasteiger partial charge in [-0.15, -0.1) is 0 Å². The molecule has 2 heterocycles. The van der Waals surface area contributed by atoms with E-state index in [9.17, 15) is 27.6 Å². The number of amides is 1. The summed E-state index contributed by atoms with van der Waals surface area (Å²) in [7, 11) is 0.901. The first-order valence-corrected chi connectivity index (χ1v) is 6.83. The van der Waals surface area contributed by atoms with Crippen LogP contribution >= 0.6 is 0 Å². The van der Waals surface area contributed by atoms with Crippen molar-refractivity contribution in [2.24, 2.45) is 12.8 Å². The number of halogens is 3. The first-order valence-electron chi connectivity index (χ1n) is 6.83. The van der Waals surface area contributed by atoms with E-state index in [0.717, 1.165) is 13.3 Å². The number of carbonyl (C=O) groups is 1. The van der Waals surface area contributed by atoms with Crippen LogP contribution in [-0.4, -0.2) is 15.0 Å². The van der Waals surface area contributed by atoms with Gasteiger partial charge in [0.2, 0.25) is 5.91 Å². The molecule has 0 aliphatic carbocycles. The molecule has 130 valence electrons. The number of nitrogens with zero attached hydrogens (tertiary/aromatic N) is 2. The molecule has 3 aromatic rings. The van der Waals surface area contributed by atoms with Crippen LogP contribution in [0.15, 0.2) is 44.5 Å². The molecule has 2 aromatic heterocycles. The smallest absolute Gasteiger partial charge is 0.431 e. The van der Waals surface area contributed by atoms with Crippen LogP contribution in [0.3, 0.4) is 0 Å². The third-order valence-electron chi connectivity index (χ3n) is 3.69. The lowest BCUT2D eigenvalue weighted by molar-refractivity contribution is -0.144. The van der Waals surface area contributed by atoms with Gasteiger partial charge in [0, 0.05) is 24.1 Å². The van der Waals surface area contributed by atoms with Crippen molar-refractivity contribution in [1.29, 1.82) is 0 Å². The van der Waals surface area contributed by atoms with Gasteiger partial charge in [-0.05, 0) is 18.2 Å². The van der Waals surface area contributed by atoms with Crippen LogP contribution in [0.25, 0.3) is 16.7 Å². The Kier molecular flexibility index (Phi) is 3.55. The van der Waals surface area contributed by atoms with Gasteiger partial charge in [-0.25, -0.2) is 9.36 Å². The first-order chi connectivity index (χ1) is 11.6. The summed E-state index contributed by atoms with van der Waals surface area (Å²) in [6.45, 7) is 0. The van der Waals surface area contributed by atoms with E-state index in [1.165, 1.54) is 18.2 Å². The Morgan fingerprint density at radius 2 is 1.88 bits per heavy atom. The van der Waals surface area contributed by atoms with E-state index >= 15 is 0 Å². The average Bonchev–Trinajstić information content (AvgIpc) is 2.93. The third kappa shape index (κ3) is 2.61. The molecule has 0 aliphatic rings. The van der Waals surface area contributed by atoms with Crippen molar-refractivity contribution in [2.45, 2.75) is 6.18 Å². The molecular weight excluding hydrogens is 343 g/mol. The maximum absolute atomic E-state index is 12.9. The summed E-state index contributed by atoms with van der Waals surface area (Å²) >= 11 is 0. The molecule has 0 saturated carbocycles. The summed E-state index contributed by atoms with van der Waals surface area (Å²) in [5.41, 5.74) is 1.67. The molecule has 0 atom stereocenters. The minimum absolute atomic E-state index is 0.0857. The molecule has 0 radical (unpaired) electrons. The van der Waals surface area contributed by atoms with Gasteiger partial charge in [-0.3, -0.25) is 14.2 Å². The standard InChI is InChI=1S/C15H10F3N3O4/c1-20-11(15(16,17)18)5-12(22)21(14(20)24)9-6-25-10-3-2-7(13(19)23)4-8(9)10/h2-6H,1H3,(H2,19,23). The Morgan fingerprint density at radius 3 is 2.48 bits per heavy atom. The van der Waals surface area contributed by atoms with E-state index in [4.69, 9.17) is 10.2 Å². The van der Waals surface area contributed by atoms with Gasteiger partial charge in [0.1, 0.15) is 17.5 Å². The Hall–Kier alpha value is -3.30. The summed E-state index contributed by atoms with van der Waals surface area (Å²) in [5.74, 6) is -0.748. The number of rotatable bonds is 2. The van der Waals surface area contributed by atoms with Gasteiger partial charge < -0.3 is 10.2 Å². The highest BCUT2D eigenvalue weighted by Crippen LogP contribution is 2.28. The van der Waals surface area contributed by atoms with Crippen molar-refractivity contribution in [2.75, 3.05) is 0 Å². The predicted molar refractivity (Wildman–Crippen MR) is 80.6 cm³/mol. The van der Waals surface area contributed by atoms with Crippen LogP contribution < -0.4 is 17.0 Å². The van der Waals surface area contributed by atoms with Gasteiger partial charge in [-0.2, -0.15) is 13.2 Å². The number of aromatic nitrogens is 2. The maximum Gasteiger partial charge on any atom is 0.431 e. The van der Waals surface area contributed by atoms with Crippen molar-refractivity contribution < 1.29 is 22.4 Å². The average molecular weight is 353 g/mol. The number of hydrogen-bond donors (Lipinski definition) is 1. The Bertz CT molecular complexity index is 1120. The highest BCUT2D eigenvalue weighted by Gasteiger charge is 2.35. The van der Waals surface area contributed by atoms with Crippen LogP contribution in [0, 0.1) is 0 Å².